The lowest BCUT2D eigenvalue weighted by atomic mass is 9.63. The Bertz CT molecular complexity index is 1490. The molecule has 2 aromatic carbocycles. The van der Waals surface area contributed by atoms with Gasteiger partial charge in [0.15, 0.2) is 0 Å². The summed E-state index contributed by atoms with van der Waals surface area (Å²) in [5.41, 5.74) is 1.80. The molecule has 0 spiro atoms. The third-order valence-corrected chi connectivity index (χ3v) is 11.8. The second-order valence-electron chi connectivity index (χ2n) is 12.4. The van der Waals surface area contributed by atoms with Crippen LogP contribution in [-0.2, 0) is 27.8 Å². The summed E-state index contributed by atoms with van der Waals surface area (Å²) in [6.45, 7) is 4.97. The first-order valence-corrected chi connectivity index (χ1v) is 17.1. The number of anilines is 1. The van der Waals surface area contributed by atoms with Crippen LogP contribution in [0.15, 0.2) is 48.6 Å². The molecule has 2 aromatic rings. The summed E-state index contributed by atoms with van der Waals surface area (Å²) in [6.07, 6.45) is 8.92. The van der Waals surface area contributed by atoms with Crippen LogP contribution in [-0.4, -0.2) is 49.7 Å². The molecule has 10 heteroatoms. The van der Waals surface area contributed by atoms with Gasteiger partial charge in [0.25, 0.3) is 5.91 Å². The van der Waals surface area contributed by atoms with Crippen molar-refractivity contribution >= 4 is 39.5 Å². The third-order valence-electron chi connectivity index (χ3n) is 9.60. The Hall–Kier alpha value is -2.88. The molecule has 1 saturated carbocycles. The fraction of sp³-hybridized carbons (Fsp3) is 0.515. The normalized spacial score (nSPS) is 30.2. The molecule has 1 aliphatic carbocycles. The number of hydrogen-bond donors (Lipinski definition) is 2. The zero-order valence-electron chi connectivity index (χ0n) is 24.8. The topological polar surface area (TPSA) is 113 Å². The van der Waals surface area contributed by atoms with Crippen LogP contribution in [0.5, 0.6) is 5.75 Å². The van der Waals surface area contributed by atoms with Crippen molar-refractivity contribution in [2.75, 3.05) is 18.0 Å². The van der Waals surface area contributed by atoms with Crippen molar-refractivity contribution in [1.29, 1.82) is 0 Å². The summed E-state index contributed by atoms with van der Waals surface area (Å²) in [7, 11) is -3.99. The van der Waals surface area contributed by atoms with Gasteiger partial charge in [-0.25, -0.2) is 13.1 Å². The maximum Gasteiger partial charge on any atom is 0.264 e. The van der Waals surface area contributed by atoms with E-state index in [4.69, 9.17) is 16.3 Å². The number of ether oxygens (including phenoxy) is 1. The molecule has 1 fully saturated rings. The van der Waals surface area contributed by atoms with Crippen molar-refractivity contribution in [3.05, 3.63) is 70.3 Å². The van der Waals surface area contributed by atoms with Crippen molar-refractivity contribution in [1.82, 2.24) is 4.72 Å². The number of aldehydes is 1. The highest BCUT2D eigenvalue weighted by atomic mass is 35.5. The van der Waals surface area contributed by atoms with E-state index in [9.17, 15) is 23.1 Å². The standard InChI is InChI=1S/C33H41ClN2O6S/c1-22-6-5-14-33(39,15-17-37)29-12-9-26(29)20-36-16-4-3-7-24-18-28(34)11-8-27(24)21-42-31-13-10-25(19-30(31)36)32(38)35-43(40,41)23(22)2/h5,8,10-11,13-14,17-19,22-23,26,29,39H,3-4,6-7,9,12,15-16,20-21H2,1-2H3,(H,35,38)/b14-5+/t22-,23+,26-,29+,33+/m0/s1. The van der Waals surface area contributed by atoms with Gasteiger partial charge in [-0.3, -0.25) is 4.79 Å². The number of benzene rings is 2. The van der Waals surface area contributed by atoms with E-state index in [1.54, 1.807) is 44.2 Å². The lowest BCUT2D eigenvalue weighted by Crippen LogP contribution is -2.50. The van der Waals surface area contributed by atoms with Crippen LogP contribution in [0.3, 0.4) is 0 Å². The first-order chi connectivity index (χ1) is 20.5. The molecule has 1 amide bonds. The number of allylic oxidation sites excluding steroid dienone is 1. The zero-order chi connectivity index (χ0) is 30.8. The van der Waals surface area contributed by atoms with Gasteiger partial charge in [0.1, 0.15) is 18.6 Å². The second kappa shape index (κ2) is 13.0. The summed E-state index contributed by atoms with van der Waals surface area (Å²) in [5.74, 6) is -0.435. The number of halogens is 1. The van der Waals surface area contributed by atoms with Crippen LogP contribution in [0, 0.1) is 17.8 Å². The van der Waals surface area contributed by atoms with Crippen LogP contribution in [0.25, 0.3) is 0 Å². The highest BCUT2D eigenvalue weighted by Gasteiger charge is 2.45. The van der Waals surface area contributed by atoms with Crippen LogP contribution >= 0.6 is 11.6 Å². The maximum absolute atomic E-state index is 13.3. The molecule has 2 heterocycles. The van der Waals surface area contributed by atoms with E-state index in [-0.39, 0.29) is 29.7 Å². The second-order valence-corrected chi connectivity index (χ2v) is 14.9. The van der Waals surface area contributed by atoms with E-state index < -0.39 is 26.8 Å². The van der Waals surface area contributed by atoms with E-state index in [1.807, 2.05) is 18.2 Å². The van der Waals surface area contributed by atoms with Crippen LogP contribution < -0.4 is 14.4 Å². The molecule has 8 nitrogen and oxygen atoms in total. The van der Waals surface area contributed by atoms with Gasteiger partial charge < -0.3 is 19.5 Å². The minimum absolute atomic E-state index is 0.0202. The van der Waals surface area contributed by atoms with E-state index in [2.05, 4.69) is 9.62 Å². The Morgan fingerprint density at radius 2 is 1.95 bits per heavy atom. The number of aryl methyl sites for hydroxylation is 1. The Morgan fingerprint density at radius 3 is 2.70 bits per heavy atom. The van der Waals surface area contributed by atoms with Crippen molar-refractivity contribution in [2.24, 2.45) is 17.8 Å². The molecule has 2 N–H and O–H groups in total. The molecule has 0 unspecified atom stereocenters. The number of carbonyl (C=O) groups is 2. The molecule has 232 valence electrons. The van der Waals surface area contributed by atoms with Crippen molar-refractivity contribution in [3.8, 4) is 5.75 Å². The van der Waals surface area contributed by atoms with Gasteiger partial charge >= 0.3 is 0 Å². The van der Waals surface area contributed by atoms with E-state index in [1.165, 1.54) is 0 Å². The Balaban J connectivity index is 1.57. The lowest BCUT2D eigenvalue weighted by Gasteiger charge is -2.47. The van der Waals surface area contributed by atoms with E-state index in [0.717, 1.165) is 49.5 Å². The Labute approximate surface area is 259 Å². The number of carbonyl (C=O) groups excluding carboxylic acids is 2. The lowest BCUT2D eigenvalue weighted by molar-refractivity contribution is -0.115. The Morgan fingerprint density at radius 1 is 1.14 bits per heavy atom. The van der Waals surface area contributed by atoms with Gasteiger partial charge in [0.2, 0.25) is 10.0 Å². The van der Waals surface area contributed by atoms with Crippen LogP contribution in [0.1, 0.15) is 73.9 Å². The summed E-state index contributed by atoms with van der Waals surface area (Å²) in [6, 6.07) is 10.9. The van der Waals surface area contributed by atoms with Gasteiger partial charge in [0.05, 0.1) is 16.5 Å². The summed E-state index contributed by atoms with van der Waals surface area (Å²) >= 11 is 6.30. The molecular formula is C33H41ClN2O6S. The van der Waals surface area contributed by atoms with Gasteiger partial charge in [-0.2, -0.15) is 0 Å². The van der Waals surface area contributed by atoms with Gasteiger partial charge in [0, 0.05) is 30.1 Å². The molecule has 0 radical (unpaired) electrons. The molecule has 5 atom stereocenters. The fourth-order valence-electron chi connectivity index (χ4n) is 6.55. The van der Waals surface area contributed by atoms with Crippen molar-refractivity contribution in [3.63, 3.8) is 0 Å². The summed E-state index contributed by atoms with van der Waals surface area (Å²) < 4.78 is 35.1. The number of aliphatic hydroxyl groups is 1. The number of hydrogen-bond acceptors (Lipinski definition) is 7. The van der Waals surface area contributed by atoms with Gasteiger partial charge in [-0.05, 0) is 105 Å². The first-order valence-electron chi connectivity index (χ1n) is 15.2. The predicted octanol–water partition coefficient (Wildman–Crippen LogP) is 5.45. The maximum atomic E-state index is 13.3. The van der Waals surface area contributed by atoms with E-state index in [0.29, 0.717) is 42.6 Å². The average Bonchev–Trinajstić information content (AvgIpc) is 2.97. The summed E-state index contributed by atoms with van der Waals surface area (Å²) in [4.78, 5) is 27.2. The molecule has 43 heavy (non-hydrogen) atoms. The van der Waals surface area contributed by atoms with Crippen LogP contribution in [0.4, 0.5) is 5.69 Å². The quantitative estimate of drug-likeness (QED) is 0.336. The van der Waals surface area contributed by atoms with Crippen LogP contribution in [0.2, 0.25) is 5.02 Å². The van der Waals surface area contributed by atoms with Gasteiger partial charge in [-0.15, -0.1) is 0 Å². The number of amides is 1. The number of rotatable bonds is 2. The van der Waals surface area contributed by atoms with Crippen molar-refractivity contribution in [2.45, 2.75) is 76.3 Å². The highest BCUT2D eigenvalue weighted by molar-refractivity contribution is 7.90. The molecule has 5 rings (SSSR count). The number of sulfonamides is 1. The molecule has 0 aromatic heterocycles. The largest absolute Gasteiger partial charge is 0.487 e. The molecular weight excluding hydrogens is 588 g/mol. The fourth-order valence-corrected chi connectivity index (χ4v) is 8.03. The zero-order valence-corrected chi connectivity index (χ0v) is 26.4. The predicted molar refractivity (Wildman–Crippen MR) is 168 cm³/mol. The average molecular weight is 629 g/mol. The SMILES string of the molecule is C[C@@H]1[C@@H](C)C/C=C/[C@@](O)(CC=O)[C@@H]2CC[C@H]2CN2CCCCc3cc(Cl)ccc3COc3ccc(cc32)C(=O)NS1(=O)=O. The smallest absolute Gasteiger partial charge is 0.264 e. The number of fused-ring (bicyclic) bond motifs is 3. The molecule has 2 bridgehead atoms. The molecule has 2 aliphatic heterocycles. The van der Waals surface area contributed by atoms with E-state index >= 15 is 0 Å². The number of nitrogens with zero attached hydrogens (tertiary/aromatic N) is 1. The highest BCUT2D eigenvalue weighted by Crippen LogP contribution is 2.46. The minimum Gasteiger partial charge on any atom is -0.487 e. The third kappa shape index (κ3) is 6.94. The van der Waals surface area contributed by atoms with Gasteiger partial charge in [-0.1, -0.05) is 36.7 Å². The first kappa shape index (κ1) is 31.5. The molecule has 0 saturated heterocycles. The Kier molecular flexibility index (Phi) is 9.54. The molecule has 3 aliphatic rings. The minimum atomic E-state index is -3.99. The monoisotopic (exact) mass is 628 g/mol. The summed E-state index contributed by atoms with van der Waals surface area (Å²) in [5, 5.41) is 11.5. The van der Waals surface area contributed by atoms with Crippen molar-refractivity contribution < 1.29 is 27.9 Å². The number of nitrogens with one attached hydrogen (secondary N) is 1.